The van der Waals surface area contributed by atoms with Gasteiger partial charge in [0.05, 0.1) is 0 Å². The molecule has 1 rings (SSSR count). The van der Waals surface area contributed by atoms with Crippen molar-refractivity contribution in [2.45, 2.75) is 5.16 Å². The summed E-state index contributed by atoms with van der Waals surface area (Å²) < 4.78 is 0. The maximum atomic E-state index is 10.7. The van der Waals surface area contributed by atoms with E-state index in [0.29, 0.717) is 5.16 Å². The van der Waals surface area contributed by atoms with Crippen LogP contribution in [0.25, 0.3) is 0 Å². The second kappa shape index (κ2) is 3.99. The highest BCUT2D eigenvalue weighted by Crippen LogP contribution is 2.05. The predicted octanol–water partition coefficient (Wildman–Crippen LogP) is -0.751. The Morgan fingerprint density at radius 1 is 1.73 bits per heavy atom. The Morgan fingerprint density at radius 2 is 2.36 bits per heavy atom. The lowest BCUT2D eigenvalue weighted by Gasteiger charge is -1.94. The summed E-state index contributed by atoms with van der Waals surface area (Å²) in [6.07, 6.45) is 1.82. The van der Waals surface area contributed by atoms with Crippen molar-refractivity contribution in [3.63, 3.8) is 0 Å². The van der Waals surface area contributed by atoms with E-state index in [9.17, 15) is 4.79 Å². The van der Waals surface area contributed by atoms with Crippen LogP contribution in [0.4, 0.5) is 5.82 Å². The molecule has 0 aliphatic heterocycles. The first-order chi connectivity index (χ1) is 4.72. The fourth-order valence-electron chi connectivity index (χ4n) is 0.550. The van der Waals surface area contributed by atoms with E-state index in [1.54, 1.807) is 0 Å². The molecule has 62 valence electrons. The van der Waals surface area contributed by atoms with E-state index >= 15 is 0 Å². The lowest BCUT2D eigenvalue weighted by atomic mass is 10.6. The SMILES string of the molecule is CSc1nc(N)cc(=O)[nH]1.O. The van der Waals surface area contributed by atoms with Crippen molar-refractivity contribution in [1.29, 1.82) is 0 Å². The summed E-state index contributed by atoms with van der Waals surface area (Å²) in [7, 11) is 0. The molecule has 0 radical (unpaired) electrons. The van der Waals surface area contributed by atoms with Gasteiger partial charge in [0.2, 0.25) is 0 Å². The van der Waals surface area contributed by atoms with E-state index in [1.165, 1.54) is 17.8 Å². The van der Waals surface area contributed by atoms with E-state index in [1.807, 2.05) is 6.26 Å². The number of aromatic nitrogens is 2. The van der Waals surface area contributed by atoms with E-state index in [4.69, 9.17) is 5.73 Å². The summed E-state index contributed by atoms with van der Waals surface area (Å²) in [5.74, 6) is 0.258. The Morgan fingerprint density at radius 3 is 2.82 bits per heavy atom. The van der Waals surface area contributed by atoms with Crippen LogP contribution in [0.5, 0.6) is 0 Å². The fourth-order valence-corrected chi connectivity index (χ4v) is 0.949. The summed E-state index contributed by atoms with van der Waals surface area (Å²) >= 11 is 1.35. The van der Waals surface area contributed by atoms with Crippen molar-refractivity contribution in [1.82, 2.24) is 9.97 Å². The van der Waals surface area contributed by atoms with Gasteiger partial charge in [0.25, 0.3) is 5.56 Å². The summed E-state index contributed by atoms with van der Waals surface area (Å²) in [4.78, 5) is 17.0. The van der Waals surface area contributed by atoms with Crippen LogP contribution in [0.15, 0.2) is 16.0 Å². The normalized spacial score (nSPS) is 8.82. The number of rotatable bonds is 1. The molecule has 6 heteroatoms. The molecule has 5 N–H and O–H groups in total. The number of hydrogen-bond donors (Lipinski definition) is 2. The minimum absolute atomic E-state index is 0. The lowest BCUT2D eigenvalue weighted by molar-refractivity contribution is 0.824. The van der Waals surface area contributed by atoms with Gasteiger partial charge < -0.3 is 16.2 Å². The van der Waals surface area contributed by atoms with Crippen molar-refractivity contribution < 1.29 is 5.48 Å². The number of aromatic amines is 1. The Labute approximate surface area is 67.3 Å². The van der Waals surface area contributed by atoms with Gasteiger partial charge in [-0.2, -0.15) is 0 Å². The van der Waals surface area contributed by atoms with Crippen LogP contribution in [-0.2, 0) is 0 Å². The van der Waals surface area contributed by atoms with E-state index in [0.717, 1.165) is 0 Å². The van der Waals surface area contributed by atoms with Gasteiger partial charge in [0, 0.05) is 6.07 Å². The molecule has 0 atom stereocenters. The van der Waals surface area contributed by atoms with Gasteiger partial charge in [-0.15, -0.1) is 0 Å². The van der Waals surface area contributed by atoms with Crippen molar-refractivity contribution in [2.24, 2.45) is 0 Å². The quantitative estimate of drug-likeness (QED) is 0.433. The number of thioether (sulfide) groups is 1. The van der Waals surface area contributed by atoms with Crippen LogP contribution in [0, 0.1) is 0 Å². The fraction of sp³-hybridized carbons (Fsp3) is 0.200. The molecule has 0 amide bonds. The second-order valence-corrected chi connectivity index (χ2v) is 2.47. The first-order valence-electron chi connectivity index (χ1n) is 2.63. The molecule has 0 aromatic carbocycles. The molecule has 0 spiro atoms. The molecule has 0 aliphatic carbocycles. The van der Waals surface area contributed by atoms with Gasteiger partial charge >= 0.3 is 0 Å². The smallest absolute Gasteiger partial charge is 0.253 e. The molecular weight excluding hydrogens is 166 g/mol. The molecule has 1 aromatic rings. The van der Waals surface area contributed by atoms with Crippen LogP contribution in [0.2, 0.25) is 0 Å². The number of nitrogens with zero attached hydrogens (tertiary/aromatic N) is 1. The predicted molar refractivity (Wildman–Crippen MR) is 44.7 cm³/mol. The zero-order valence-electron chi connectivity index (χ0n) is 5.92. The first kappa shape index (κ1) is 9.99. The third-order valence-electron chi connectivity index (χ3n) is 0.933. The van der Waals surface area contributed by atoms with E-state index < -0.39 is 0 Å². The Bertz CT molecular complexity index is 285. The van der Waals surface area contributed by atoms with E-state index in [2.05, 4.69) is 9.97 Å². The molecule has 0 bridgehead atoms. The molecule has 1 heterocycles. The van der Waals surface area contributed by atoms with Crippen molar-refractivity contribution in [3.8, 4) is 0 Å². The molecule has 0 saturated heterocycles. The largest absolute Gasteiger partial charge is 0.412 e. The van der Waals surface area contributed by atoms with Crippen molar-refractivity contribution >= 4 is 17.6 Å². The molecule has 1 aromatic heterocycles. The highest BCUT2D eigenvalue weighted by atomic mass is 32.2. The summed E-state index contributed by atoms with van der Waals surface area (Å²) in [6, 6.07) is 1.25. The number of hydrogen-bond acceptors (Lipinski definition) is 4. The van der Waals surface area contributed by atoms with Gasteiger partial charge in [0.1, 0.15) is 5.82 Å². The van der Waals surface area contributed by atoms with Crippen molar-refractivity contribution in [2.75, 3.05) is 12.0 Å². The number of anilines is 1. The highest BCUT2D eigenvalue weighted by molar-refractivity contribution is 7.98. The summed E-state index contributed by atoms with van der Waals surface area (Å²) in [5.41, 5.74) is 5.08. The molecule has 0 saturated carbocycles. The Kier molecular flexibility index (Phi) is 3.63. The molecular formula is C5H9N3O2S. The number of H-pyrrole nitrogens is 1. The van der Waals surface area contributed by atoms with Gasteiger partial charge in [-0.1, -0.05) is 11.8 Å². The monoisotopic (exact) mass is 175 g/mol. The van der Waals surface area contributed by atoms with Crippen LogP contribution < -0.4 is 11.3 Å². The number of nitrogens with two attached hydrogens (primary N) is 1. The van der Waals surface area contributed by atoms with Crippen molar-refractivity contribution in [3.05, 3.63) is 16.4 Å². The van der Waals surface area contributed by atoms with Crippen LogP contribution in [-0.4, -0.2) is 21.7 Å². The number of nitrogen functional groups attached to an aromatic ring is 1. The highest BCUT2D eigenvalue weighted by Gasteiger charge is 1.93. The topological polar surface area (TPSA) is 103 Å². The van der Waals surface area contributed by atoms with Crippen LogP contribution in [0.1, 0.15) is 0 Å². The standard InChI is InChI=1S/C5H7N3OS.H2O/c1-10-5-7-3(6)2-4(9)8-5;/h2H,1H3,(H3,6,7,8,9);1H2. The Hall–Kier alpha value is -1.01. The maximum absolute atomic E-state index is 10.7. The summed E-state index contributed by atoms with van der Waals surface area (Å²) in [6.45, 7) is 0. The van der Waals surface area contributed by atoms with Crippen LogP contribution >= 0.6 is 11.8 Å². The van der Waals surface area contributed by atoms with Crippen LogP contribution in [0.3, 0.4) is 0 Å². The first-order valence-corrected chi connectivity index (χ1v) is 3.85. The number of nitrogens with one attached hydrogen (secondary N) is 1. The third kappa shape index (κ3) is 2.60. The second-order valence-electron chi connectivity index (χ2n) is 1.68. The van der Waals surface area contributed by atoms with E-state index in [-0.39, 0.29) is 16.9 Å². The average Bonchev–Trinajstić information content (AvgIpc) is 1.85. The third-order valence-corrected chi connectivity index (χ3v) is 1.51. The van der Waals surface area contributed by atoms with Gasteiger partial charge in [-0.05, 0) is 6.26 Å². The molecule has 0 unspecified atom stereocenters. The zero-order chi connectivity index (χ0) is 7.56. The summed E-state index contributed by atoms with van der Waals surface area (Å²) in [5, 5.41) is 0.546. The molecule has 11 heavy (non-hydrogen) atoms. The average molecular weight is 175 g/mol. The lowest BCUT2D eigenvalue weighted by Crippen LogP contribution is -2.08. The maximum Gasteiger partial charge on any atom is 0.253 e. The minimum Gasteiger partial charge on any atom is -0.412 e. The minimum atomic E-state index is -0.211. The Balaban J connectivity index is 0.000001000. The van der Waals surface area contributed by atoms with Gasteiger partial charge in [-0.25, -0.2) is 4.98 Å². The van der Waals surface area contributed by atoms with Gasteiger partial charge in [0.15, 0.2) is 5.16 Å². The molecule has 0 fully saturated rings. The molecule has 0 aliphatic rings. The zero-order valence-corrected chi connectivity index (χ0v) is 6.73. The molecule has 5 nitrogen and oxygen atoms in total. The van der Waals surface area contributed by atoms with Gasteiger partial charge in [-0.3, -0.25) is 4.79 Å².